The molecular weight excluding hydrogens is 176 g/mol. The lowest BCUT2D eigenvalue weighted by Crippen LogP contribution is -2.19. The average Bonchev–Trinajstić information content (AvgIpc) is 2.05. The van der Waals surface area contributed by atoms with Gasteiger partial charge in [0.15, 0.2) is 11.5 Å². The minimum absolute atomic E-state index is 0.254. The topological polar surface area (TPSA) is 29.5 Å². The quantitative estimate of drug-likeness (QED) is 0.798. The third-order valence-corrected chi connectivity index (χ3v) is 2.81. The van der Waals surface area contributed by atoms with Crippen LogP contribution in [-0.4, -0.2) is 11.7 Å². The molecule has 0 unspecified atom stereocenters. The Bertz CT molecular complexity index is 316. The van der Waals surface area contributed by atoms with Crippen LogP contribution < -0.4 is 4.74 Å². The van der Waals surface area contributed by atoms with Crippen molar-refractivity contribution in [3.8, 4) is 11.5 Å². The lowest BCUT2D eigenvalue weighted by Gasteiger charge is -2.25. The molecule has 0 heterocycles. The van der Waals surface area contributed by atoms with E-state index < -0.39 is 0 Å². The maximum Gasteiger partial charge on any atom is 0.160 e. The second kappa shape index (κ2) is 3.91. The van der Waals surface area contributed by atoms with Gasteiger partial charge < -0.3 is 9.84 Å². The highest BCUT2D eigenvalue weighted by Crippen LogP contribution is 2.30. The summed E-state index contributed by atoms with van der Waals surface area (Å²) in [5, 5.41) is 9.57. The Morgan fingerprint density at radius 1 is 1.43 bits per heavy atom. The van der Waals surface area contributed by atoms with Crippen molar-refractivity contribution in [1.82, 2.24) is 0 Å². The van der Waals surface area contributed by atoms with E-state index in [1.54, 1.807) is 6.07 Å². The van der Waals surface area contributed by atoms with E-state index in [1.807, 2.05) is 19.1 Å². The Morgan fingerprint density at radius 3 is 2.79 bits per heavy atom. The van der Waals surface area contributed by atoms with Crippen LogP contribution in [0.5, 0.6) is 11.5 Å². The van der Waals surface area contributed by atoms with Gasteiger partial charge in [0.1, 0.15) is 0 Å². The molecule has 14 heavy (non-hydrogen) atoms. The van der Waals surface area contributed by atoms with Crippen molar-refractivity contribution >= 4 is 0 Å². The first-order valence-corrected chi connectivity index (χ1v) is 5.18. The number of hydrogen-bond donors (Lipinski definition) is 1. The first-order valence-electron chi connectivity index (χ1n) is 5.18. The summed E-state index contributed by atoms with van der Waals surface area (Å²) in [6, 6.07) is 5.52. The molecule has 1 aliphatic rings. The molecule has 1 aromatic rings. The van der Waals surface area contributed by atoms with Gasteiger partial charge in [0.25, 0.3) is 0 Å². The molecule has 0 saturated heterocycles. The van der Waals surface area contributed by atoms with Crippen LogP contribution in [0.25, 0.3) is 0 Å². The van der Waals surface area contributed by atoms with Crippen LogP contribution in [0.1, 0.15) is 24.8 Å². The number of ether oxygens (including phenoxy) is 1. The molecule has 1 aromatic carbocycles. The number of phenolic OH excluding ortho intramolecular Hbond substituents is 1. The van der Waals surface area contributed by atoms with Crippen LogP contribution in [0.3, 0.4) is 0 Å². The summed E-state index contributed by atoms with van der Waals surface area (Å²) in [6.45, 7) is 2.70. The molecule has 0 atom stereocenters. The normalized spacial score (nSPS) is 16.4. The molecule has 2 nitrogen and oxygen atoms in total. The summed E-state index contributed by atoms with van der Waals surface area (Å²) in [7, 11) is 0. The smallest absolute Gasteiger partial charge is 0.160 e. The zero-order valence-electron chi connectivity index (χ0n) is 8.49. The molecule has 0 bridgehead atoms. The summed E-state index contributed by atoms with van der Waals surface area (Å²) >= 11 is 0. The van der Waals surface area contributed by atoms with E-state index in [-0.39, 0.29) is 5.75 Å². The molecule has 2 rings (SSSR count). The zero-order chi connectivity index (χ0) is 9.97. The van der Waals surface area contributed by atoms with E-state index in [1.165, 1.54) is 19.3 Å². The van der Waals surface area contributed by atoms with E-state index in [0.29, 0.717) is 11.7 Å². The van der Waals surface area contributed by atoms with Gasteiger partial charge in [-0.3, -0.25) is 0 Å². The summed E-state index contributed by atoms with van der Waals surface area (Å²) in [5.74, 6) is 1.57. The van der Waals surface area contributed by atoms with E-state index in [4.69, 9.17) is 4.74 Å². The minimum Gasteiger partial charge on any atom is -0.504 e. The van der Waals surface area contributed by atoms with E-state index in [9.17, 15) is 5.11 Å². The molecule has 0 spiro atoms. The number of aromatic hydroxyl groups is 1. The lowest BCUT2D eigenvalue weighted by atomic mass is 9.86. The Hall–Kier alpha value is -1.18. The summed E-state index contributed by atoms with van der Waals surface area (Å²) < 4.78 is 5.55. The molecule has 1 saturated carbocycles. The second-order valence-electron chi connectivity index (χ2n) is 4.08. The largest absolute Gasteiger partial charge is 0.504 e. The van der Waals surface area contributed by atoms with E-state index in [2.05, 4.69) is 0 Å². The van der Waals surface area contributed by atoms with Gasteiger partial charge in [-0.1, -0.05) is 12.5 Å². The summed E-state index contributed by atoms with van der Waals surface area (Å²) in [6.07, 6.45) is 3.87. The monoisotopic (exact) mass is 192 g/mol. The number of hydrogen-bond acceptors (Lipinski definition) is 2. The Balaban J connectivity index is 1.94. The predicted octanol–water partition coefficient (Wildman–Crippen LogP) is 2.88. The van der Waals surface area contributed by atoms with E-state index in [0.717, 1.165) is 12.2 Å². The Morgan fingerprint density at radius 2 is 2.21 bits per heavy atom. The molecule has 0 radical (unpaired) electrons. The highest BCUT2D eigenvalue weighted by atomic mass is 16.5. The van der Waals surface area contributed by atoms with Crippen LogP contribution >= 0.6 is 0 Å². The fourth-order valence-electron chi connectivity index (χ4n) is 1.62. The van der Waals surface area contributed by atoms with Gasteiger partial charge in [-0.2, -0.15) is 0 Å². The SMILES string of the molecule is Cc1ccc(OCC2CCC2)c(O)c1. The lowest BCUT2D eigenvalue weighted by molar-refractivity contribution is 0.176. The van der Waals surface area contributed by atoms with Gasteiger partial charge in [-0.25, -0.2) is 0 Å². The molecule has 76 valence electrons. The standard InChI is InChI=1S/C12H16O2/c1-9-5-6-12(11(13)7-9)14-8-10-3-2-4-10/h5-7,10,13H,2-4,8H2,1H3. The number of aryl methyl sites for hydroxylation is 1. The number of benzene rings is 1. The van der Waals surface area contributed by atoms with Crippen molar-refractivity contribution in [3.05, 3.63) is 23.8 Å². The van der Waals surface area contributed by atoms with Crippen LogP contribution in [0.15, 0.2) is 18.2 Å². The van der Waals surface area contributed by atoms with Crippen LogP contribution in [0, 0.1) is 12.8 Å². The molecular formula is C12H16O2. The predicted molar refractivity (Wildman–Crippen MR) is 55.7 cm³/mol. The molecule has 1 N–H and O–H groups in total. The van der Waals surface area contributed by atoms with Crippen LogP contribution in [-0.2, 0) is 0 Å². The van der Waals surface area contributed by atoms with Crippen molar-refractivity contribution in [1.29, 1.82) is 0 Å². The third kappa shape index (κ3) is 2.00. The zero-order valence-corrected chi connectivity index (χ0v) is 8.49. The fourth-order valence-corrected chi connectivity index (χ4v) is 1.62. The van der Waals surface area contributed by atoms with Gasteiger partial charge in [-0.15, -0.1) is 0 Å². The molecule has 1 aliphatic carbocycles. The average molecular weight is 192 g/mol. The first kappa shape index (κ1) is 9.38. The molecule has 1 fully saturated rings. The van der Waals surface area contributed by atoms with Crippen molar-refractivity contribution in [2.24, 2.45) is 5.92 Å². The fraction of sp³-hybridized carbons (Fsp3) is 0.500. The Labute approximate surface area is 84.5 Å². The molecule has 0 aromatic heterocycles. The molecule has 0 aliphatic heterocycles. The highest BCUT2D eigenvalue weighted by molar-refractivity contribution is 5.41. The van der Waals surface area contributed by atoms with Crippen molar-refractivity contribution in [2.45, 2.75) is 26.2 Å². The van der Waals surface area contributed by atoms with Crippen molar-refractivity contribution in [3.63, 3.8) is 0 Å². The number of rotatable bonds is 3. The van der Waals surface area contributed by atoms with Gasteiger partial charge >= 0.3 is 0 Å². The maximum absolute atomic E-state index is 9.57. The van der Waals surface area contributed by atoms with Crippen LogP contribution in [0.4, 0.5) is 0 Å². The van der Waals surface area contributed by atoms with E-state index >= 15 is 0 Å². The third-order valence-electron chi connectivity index (χ3n) is 2.81. The van der Waals surface area contributed by atoms with Gasteiger partial charge in [0, 0.05) is 0 Å². The summed E-state index contributed by atoms with van der Waals surface area (Å²) in [4.78, 5) is 0. The van der Waals surface area contributed by atoms with Crippen molar-refractivity contribution < 1.29 is 9.84 Å². The minimum atomic E-state index is 0.254. The molecule has 0 amide bonds. The van der Waals surface area contributed by atoms with Crippen LogP contribution in [0.2, 0.25) is 0 Å². The van der Waals surface area contributed by atoms with Gasteiger partial charge in [-0.05, 0) is 43.4 Å². The first-order chi connectivity index (χ1) is 6.75. The highest BCUT2D eigenvalue weighted by Gasteiger charge is 2.18. The Kier molecular flexibility index (Phi) is 2.62. The van der Waals surface area contributed by atoms with Crippen molar-refractivity contribution in [2.75, 3.05) is 6.61 Å². The number of phenols is 1. The summed E-state index contributed by atoms with van der Waals surface area (Å²) in [5.41, 5.74) is 1.05. The molecule has 2 heteroatoms. The van der Waals surface area contributed by atoms with Gasteiger partial charge in [0.05, 0.1) is 6.61 Å². The second-order valence-corrected chi connectivity index (χ2v) is 4.08. The maximum atomic E-state index is 9.57. The van der Waals surface area contributed by atoms with Gasteiger partial charge in [0.2, 0.25) is 0 Å².